The lowest BCUT2D eigenvalue weighted by molar-refractivity contribution is -0.384. The largest absolute Gasteiger partial charge is 0.492 e. The lowest BCUT2D eigenvalue weighted by Gasteiger charge is -2.28. The number of nitro benzene ring substituents is 1. The Morgan fingerprint density at radius 1 is 1.29 bits per heavy atom. The molecule has 116 valence electrons. The van der Waals surface area contributed by atoms with Crippen LogP contribution in [0, 0.1) is 16.0 Å². The Labute approximate surface area is 125 Å². The monoisotopic (exact) mass is 292 g/mol. The molecule has 1 fully saturated rings. The van der Waals surface area contributed by atoms with E-state index in [1.54, 1.807) is 12.1 Å². The molecule has 21 heavy (non-hydrogen) atoms. The fourth-order valence-corrected chi connectivity index (χ4v) is 2.92. The Morgan fingerprint density at radius 3 is 2.57 bits per heavy atom. The number of nitro groups is 1. The van der Waals surface area contributed by atoms with Gasteiger partial charge in [0.2, 0.25) is 0 Å². The van der Waals surface area contributed by atoms with Gasteiger partial charge in [0.1, 0.15) is 12.4 Å². The number of hydrogen-bond acceptors (Lipinski definition) is 4. The van der Waals surface area contributed by atoms with Crippen molar-refractivity contribution in [1.29, 1.82) is 0 Å². The van der Waals surface area contributed by atoms with E-state index in [9.17, 15) is 10.1 Å². The number of ether oxygens (including phenoxy) is 1. The Kier molecular flexibility index (Phi) is 5.99. The summed E-state index contributed by atoms with van der Waals surface area (Å²) in [5.41, 5.74) is 0.0893. The topological polar surface area (TPSA) is 64.4 Å². The zero-order chi connectivity index (χ0) is 15.1. The van der Waals surface area contributed by atoms with E-state index in [-0.39, 0.29) is 5.69 Å². The maximum Gasteiger partial charge on any atom is 0.269 e. The lowest BCUT2D eigenvalue weighted by Crippen LogP contribution is -2.37. The van der Waals surface area contributed by atoms with Gasteiger partial charge in [-0.1, -0.05) is 19.3 Å². The standard InChI is InChI=1S/C16H24N2O3/c1-13(14-5-3-2-4-6-14)17-11-12-21-16-9-7-15(8-10-16)18(19)20/h7-10,13-14,17H,2-6,11-12H2,1H3/t13-/m0/s1. The first-order valence-electron chi connectivity index (χ1n) is 7.77. The second kappa shape index (κ2) is 7.98. The quantitative estimate of drug-likeness (QED) is 0.474. The molecular formula is C16H24N2O3. The summed E-state index contributed by atoms with van der Waals surface area (Å²) in [4.78, 5) is 10.1. The molecule has 0 bridgehead atoms. The SMILES string of the molecule is C[C@H](NCCOc1ccc([N+](=O)[O-])cc1)C1CCCCC1. The molecule has 1 aliphatic carbocycles. The molecule has 1 atom stereocenters. The first-order valence-corrected chi connectivity index (χ1v) is 7.77. The van der Waals surface area contributed by atoms with E-state index in [0.29, 0.717) is 18.4 Å². The molecule has 5 heteroatoms. The number of non-ortho nitro benzene ring substituents is 1. The van der Waals surface area contributed by atoms with Gasteiger partial charge >= 0.3 is 0 Å². The summed E-state index contributed by atoms with van der Waals surface area (Å²) in [6, 6.07) is 6.75. The zero-order valence-corrected chi connectivity index (χ0v) is 12.6. The summed E-state index contributed by atoms with van der Waals surface area (Å²) in [5, 5.41) is 14.1. The highest BCUT2D eigenvalue weighted by atomic mass is 16.6. The summed E-state index contributed by atoms with van der Waals surface area (Å²) in [6.07, 6.45) is 6.76. The van der Waals surface area contributed by atoms with Crippen LogP contribution in [0.2, 0.25) is 0 Å². The van der Waals surface area contributed by atoms with Crippen LogP contribution in [0.3, 0.4) is 0 Å². The molecule has 1 N–H and O–H groups in total. The van der Waals surface area contributed by atoms with Gasteiger partial charge in [-0.3, -0.25) is 10.1 Å². The molecule has 0 saturated heterocycles. The molecule has 0 aliphatic heterocycles. The summed E-state index contributed by atoms with van der Waals surface area (Å²) in [7, 11) is 0. The minimum Gasteiger partial charge on any atom is -0.492 e. The van der Waals surface area contributed by atoms with E-state index in [4.69, 9.17) is 4.74 Å². The van der Waals surface area contributed by atoms with Crippen molar-refractivity contribution in [3.05, 3.63) is 34.4 Å². The minimum atomic E-state index is -0.406. The van der Waals surface area contributed by atoms with Gasteiger partial charge in [0.15, 0.2) is 0 Å². The van der Waals surface area contributed by atoms with Gasteiger partial charge < -0.3 is 10.1 Å². The normalized spacial score (nSPS) is 17.4. The molecule has 1 aromatic rings. The van der Waals surface area contributed by atoms with E-state index in [1.165, 1.54) is 44.2 Å². The maximum absolute atomic E-state index is 10.6. The smallest absolute Gasteiger partial charge is 0.269 e. The van der Waals surface area contributed by atoms with Gasteiger partial charge in [-0.05, 0) is 37.8 Å². The van der Waals surface area contributed by atoms with Crippen LogP contribution in [-0.2, 0) is 0 Å². The van der Waals surface area contributed by atoms with Crippen molar-refractivity contribution < 1.29 is 9.66 Å². The molecule has 1 aliphatic rings. The first kappa shape index (κ1) is 15.8. The highest BCUT2D eigenvalue weighted by molar-refractivity contribution is 5.35. The van der Waals surface area contributed by atoms with Crippen LogP contribution < -0.4 is 10.1 Å². The zero-order valence-electron chi connectivity index (χ0n) is 12.6. The van der Waals surface area contributed by atoms with Gasteiger partial charge in [0.25, 0.3) is 5.69 Å². The molecule has 0 heterocycles. The van der Waals surface area contributed by atoms with Crippen molar-refractivity contribution >= 4 is 5.69 Å². The predicted octanol–water partition coefficient (Wildman–Crippen LogP) is 3.53. The maximum atomic E-state index is 10.6. The molecule has 0 radical (unpaired) electrons. The third kappa shape index (κ3) is 5.01. The average molecular weight is 292 g/mol. The van der Waals surface area contributed by atoms with Crippen molar-refractivity contribution in [1.82, 2.24) is 5.32 Å². The van der Waals surface area contributed by atoms with E-state index in [1.807, 2.05) is 0 Å². The Balaban J connectivity index is 1.65. The number of nitrogens with one attached hydrogen (secondary N) is 1. The van der Waals surface area contributed by atoms with E-state index >= 15 is 0 Å². The highest BCUT2D eigenvalue weighted by Crippen LogP contribution is 2.26. The van der Waals surface area contributed by atoms with Gasteiger partial charge in [0.05, 0.1) is 4.92 Å². The van der Waals surface area contributed by atoms with Crippen molar-refractivity contribution in [2.45, 2.75) is 45.1 Å². The van der Waals surface area contributed by atoms with Gasteiger partial charge in [-0.25, -0.2) is 0 Å². The number of nitrogens with zero attached hydrogens (tertiary/aromatic N) is 1. The predicted molar refractivity (Wildman–Crippen MR) is 82.6 cm³/mol. The van der Waals surface area contributed by atoms with Crippen LogP contribution in [0.25, 0.3) is 0 Å². The molecule has 0 unspecified atom stereocenters. The number of hydrogen-bond donors (Lipinski definition) is 1. The van der Waals surface area contributed by atoms with Crippen molar-refractivity contribution in [3.8, 4) is 5.75 Å². The van der Waals surface area contributed by atoms with Crippen LogP contribution in [0.15, 0.2) is 24.3 Å². The fraction of sp³-hybridized carbons (Fsp3) is 0.625. The highest BCUT2D eigenvalue weighted by Gasteiger charge is 2.19. The third-order valence-electron chi connectivity index (χ3n) is 4.24. The van der Waals surface area contributed by atoms with E-state index < -0.39 is 4.92 Å². The molecule has 0 aromatic heterocycles. The van der Waals surface area contributed by atoms with E-state index in [2.05, 4.69) is 12.2 Å². The second-order valence-electron chi connectivity index (χ2n) is 5.74. The molecule has 2 rings (SSSR count). The van der Waals surface area contributed by atoms with Crippen molar-refractivity contribution in [2.24, 2.45) is 5.92 Å². The molecule has 0 amide bonds. The van der Waals surface area contributed by atoms with Crippen LogP contribution in [-0.4, -0.2) is 24.1 Å². The molecular weight excluding hydrogens is 268 g/mol. The molecule has 5 nitrogen and oxygen atoms in total. The van der Waals surface area contributed by atoms with Crippen molar-refractivity contribution in [2.75, 3.05) is 13.2 Å². The lowest BCUT2D eigenvalue weighted by atomic mass is 9.84. The van der Waals surface area contributed by atoms with E-state index in [0.717, 1.165) is 12.5 Å². The molecule has 1 saturated carbocycles. The second-order valence-corrected chi connectivity index (χ2v) is 5.74. The van der Waals surface area contributed by atoms with Gasteiger partial charge in [-0.15, -0.1) is 0 Å². The summed E-state index contributed by atoms with van der Waals surface area (Å²) >= 11 is 0. The van der Waals surface area contributed by atoms with Gasteiger partial charge in [-0.2, -0.15) is 0 Å². The average Bonchev–Trinajstić information content (AvgIpc) is 2.52. The summed E-state index contributed by atoms with van der Waals surface area (Å²) in [6.45, 7) is 3.63. The number of rotatable bonds is 7. The van der Waals surface area contributed by atoms with Crippen LogP contribution in [0.1, 0.15) is 39.0 Å². The Hall–Kier alpha value is -1.62. The van der Waals surface area contributed by atoms with Crippen LogP contribution in [0.4, 0.5) is 5.69 Å². The van der Waals surface area contributed by atoms with Crippen LogP contribution in [0.5, 0.6) is 5.75 Å². The summed E-state index contributed by atoms with van der Waals surface area (Å²) < 4.78 is 5.59. The van der Waals surface area contributed by atoms with Crippen LogP contribution >= 0.6 is 0 Å². The molecule has 0 spiro atoms. The summed E-state index contributed by atoms with van der Waals surface area (Å²) in [5.74, 6) is 1.46. The van der Waals surface area contributed by atoms with Crippen molar-refractivity contribution in [3.63, 3.8) is 0 Å². The molecule has 1 aromatic carbocycles. The Bertz CT molecular complexity index is 441. The Morgan fingerprint density at radius 2 is 1.95 bits per heavy atom. The van der Waals surface area contributed by atoms with Gasteiger partial charge in [0, 0.05) is 24.7 Å². The third-order valence-corrected chi connectivity index (χ3v) is 4.24. The number of benzene rings is 1. The first-order chi connectivity index (χ1) is 10.2. The minimum absolute atomic E-state index is 0.0893. The fourth-order valence-electron chi connectivity index (χ4n) is 2.92.